The fourth-order valence-electron chi connectivity index (χ4n) is 2.71. The smallest absolute Gasteiger partial charge is 0.417 e. The van der Waals surface area contributed by atoms with Crippen LogP contribution in [0.4, 0.5) is 13.2 Å². The number of esters is 1. The van der Waals surface area contributed by atoms with Crippen LogP contribution in [0.25, 0.3) is 11.0 Å². The van der Waals surface area contributed by atoms with E-state index in [0.717, 1.165) is 23.8 Å². The molecule has 0 saturated heterocycles. The number of carbonyl (C=O) groups is 1. The summed E-state index contributed by atoms with van der Waals surface area (Å²) in [6.07, 6.45) is -4.78. The molecule has 1 atom stereocenters. The quantitative estimate of drug-likeness (QED) is 0.359. The molecule has 0 spiro atoms. The third-order valence-corrected chi connectivity index (χ3v) is 5.81. The maximum atomic E-state index is 13.1. The van der Waals surface area contributed by atoms with Crippen molar-refractivity contribution in [2.24, 2.45) is 0 Å². The highest BCUT2D eigenvalue weighted by Gasteiger charge is 2.34. The number of carbonyl (C=O) groups excluding carboxylic acids is 1. The van der Waals surface area contributed by atoms with Gasteiger partial charge >= 0.3 is 17.8 Å². The second kappa shape index (κ2) is 8.16. The van der Waals surface area contributed by atoms with Crippen LogP contribution in [-0.4, -0.2) is 20.4 Å². The Bertz CT molecular complexity index is 1300. The van der Waals surface area contributed by atoms with E-state index in [0.29, 0.717) is 6.07 Å². The second-order valence-electron chi connectivity index (χ2n) is 6.71. The largest absolute Gasteiger partial charge is 0.425 e. The molecule has 0 amide bonds. The first-order chi connectivity index (χ1) is 14.4. The molecule has 0 fully saturated rings. The first kappa shape index (κ1) is 22.5. The molecule has 3 aromatic rings. The molecule has 0 radical (unpaired) electrons. The summed E-state index contributed by atoms with van der Waals surface area (Å²) in [5.41, 5.74) is -1.99. The van der Waals surface area contributed by atoms with Crippen molar-refractivity contribution < 1.29 is 35.5 Å². The van der Waals surface area contributed by atoms with Crippen molar-refractivity contribution in [2.45, 2.75) is 31.0 Å². The number of halogens is 3. The Kier molecular flexibility index (Phi) is 5.92. The number of hydrogen-bond acceptors (Lipinski definition) is 6. The van der Waals surface area contributed by atoms with E-state index in [2.05, 4.69) is 4.72 Å². The first-order valence-electron chi connectivity index (χ1n) is 8.82. The van der Waals surface area contributed by atoms with Crippen LogP contribution in [-0.2, 0) is 21.0 Å². The van der Waals surface area contributed by atoms with E-state index >= 15 is 0 Å². The van der Waals surface area contributed by atoms with E-state index in [-0.39, 0.29) is 16.0 Å². The summed E-state index contributed by atoms with van der Waals surface area (Å²) in [4.78, 5) is 23.7. The Labute approximate surface area is 174 Å². The molecule has 7 nitrogen and oxygen atoms in total. The minimum atomic E-state index is -4.78. The Balaban J connectivity index is 1.81. The third kappa shape index (κ3) is 5.12. The number of ether oxygens (including phenoxy) is 1. The highest BCUT2D eigenvalue weighted by atomic mass is 32.2. The SMILES string of the molecule is Cc1ccc(S(=O)(=O)N[C@H](C)C(=O)Oc2ccc3c(C(F)(F)F)cc(=O)oc3c2)cc1. The monoisotopic (exact) mass is 455 g/mol. The van der Waals surface area contributed by atoms with Crippen LogP contribution in [0.5, 0.6) is 5.75 Å². The molecule has 31 heavy (non-hydrogen) atoms. The van der Waals surface area contributed by atoms with E-state index in [1.807, 2.05) is 0 Å². The summed E-state index contributed by atoms with van der Waals surface area (Å²) < 4.78 is 76.0. The van der Waals surface area contributed by atoms with Gasteiger partial charge in [0.15, 0.2) is 0 Å². The average molecular weight is 455 g/mol. The van der Waals surface area contributed by atoms with E-state index in [4.69, 9.17) is 9.15 Å². The Morgan fingerprint density at radius 1 is 1.10 bits per heavy atom. The standard InChI is InChI=1S/C20H16F3NO6S/c1-11-3-6-14(7-4-11)31(27,28)24-12(2)19(26)29-13-5-8-15-16(20(21,22)23)10-18(25)30-17(15)9-13/h3-10,12,24H,1-2H3/t12-/m1/s1. The van der Waals surface area contributed by atoms with Gasteiger partial charge in [0.2, 0.25) is 10.0 Å². The van der Waals surface area contributed by atoms with E-state index in [1.165, 1.54) is 19.1 Å². The maximum Gasteiger partial charge on any atom is 0.417 e. The highest BCUT2D eigenvalue weighted by molar-refractivity contribution is 7.89. The Morgan fingerprint density at radius 2 is 1.74 bits per heavy atom. The van der Waals surface area contributed by atoms with Crippen molar-refractivity contribution in [3.63, 3.8) is 0 Å². The molecule has 0 unspecified atom stereocenters. The molecule has 11 heteroatoms. The van der Waals surface area contributed by atoms with Gasteiger partial charge < -0.3 is 9.15 Å². The number of benzene rings is 2. The van der Waals surface area contributed by atoms with Crippen molar-refractivity contribution in [2.75, 3.05) is 0 Å². The van der Waals surface area contributed by atoms with Gasteiger partial charge in [0.25, 0.3) is 0 Å². The summed E-state index contributed by atoms with van der Waals surface area (Å²) in [6.45, 7) is 3.03. The zero-order valence-corrected chi connectivity index (χ0v) is 17.0. The number of fused-ring (bicyclic) bond motifs is 1. The summed E-state index contributed by atoms with van der Waals surface area (Å²) in [5, 5.41) is -0.389. The van der Waals surface area contributed by atoms with Crippen LogP contribution in [0.15, 0.2) is 62.6 Å². The molecule has 0 bridgehead atoms. The predicted octanol–water partition coefficient (Wildman–Crippen LogP) is 3.39. The molecule has 0 saturated carbocycles. The average Bonchev–Trinajstić information content (AvgIpc) is 2.66. The maximum absolute atomic E-state index is 13.1. The van der Waals surface area contributed by atoms with Crippen molar-refractivity contribution in [1.82, 2.24) is 4.72 Å². The topological polar surface area (TPSA) is 103 Å². The zero-order valence-electron chi connectivity index (χ0n) is 16.2. The summed E-state index contributed by atoms with van der Waals surface area (Å²) in [7, 11) is -4.01. The normalized spacial score (nSPS) is 13.2. The summed E-state index contributed by atoms with van der Waals surface area (Å²) in [6, 6.07) is 7.97. The molecular weight excluding hydrogens is 439 g/mol. The molecular formula is C20H16F3NO6S. The molecule has 1 heterocycles. The van der Waals surface area contributed by atoms with Crippen molar-refractivity contribution in [3.8, 4) is 5.75 Å². The number of sulfonamides is 1. The minimum absolute atomic E-state index is 0.0510. The number of aryl methyl sites for hydroxylation is 1. The van der Waals surface area contributed by atoms with Crippen molar-refractivity contribution in [3.05, 3.63) is 70.1 Å². The van der Waals surface area contributed by atoms with Crippen molar-refractivity contribution >= 4 is 27.0 Å². The van der Waals surface area contributed by atoms with Crippen LogP contribution in [0.1, 0.15) is 18.1 Å². The number of nitrogens with one attached hydrogen (secondary N) is 1. The first-order valence-corrected chi connectivity index (χ1v) is 10.3. The van der Waals surface area contributed by atoms with Crippen LogP contribution < -0.4 is 15.1 Å². The molecule has 164 valence electrons. The van der Waals surface area contributed by atoms with Crippen molar-refractivity contribution in [1.29, 1.82) is 0 Å². The lowest BCUT2D eigenvalue weighted by Gasteiger charge is -2.14. The fourth-order valence-corrected chi connectivity index (χ4v) is 3.90. The van der Waals surface area contributed by atoms with Gasteiger partial charge in [-0.2, -0.15) is 17.9 Å². The van der Waals surface area contributed by atoms with Gasteiger partial charge in [-0.25, -0.2) is 18.0 Å². The minimum Gasteiger partial charge on any atom is -0.425 e. The van der Waals surface area contributed by atoms with Gasteiger partial charge in [0.05, 0.1) is 10.5 Å². The van der Waals surface area contributed by atoms with Gasteiger partial charge in [-0.1, -0.05) is 17.7 Å². The molecule has 0 aliphatic rings. The van der Waals surface area contributed by atoms with Gasteiger partial charge in [0, 0.05) is 17.5 Å². The predicted molar refractivity (Wildman–Crippen MR) is 104 cm³/mol. The third-order valence-electron chi connectivity index (χ3n) is 4.26. The fraction of sp³-hybridized carbons (Fsp3) is 0.200. The zero-order chi connectivity index (χ0) is 23.0. The summed E-state index contributed by atoms with van der Waals surface area (Å²) >= 11 is 0. The molecule has 1 aromatic heterocycles. The lowest BCUT2D eigenvalue weighted by atomic mass is 10.1. The van der Waals surface area contributed by atoms with Crippen LogP contribution in [0.2, 0.25) is 0 Å². The Hall–Kier alpha value is -3.18. The molecule has 1 N–H and O–H groups in total. The molecule has 2 aromatic carbocycles. The highest BCUT2D eigenvalue weighted by Crippen LogP contribution is 2.34. The number of hydrogen-bond donors (Lipinski definition) is 1. The van der Waals surface area contributed by atoms with E-state index in [9.17, 15) is 31.2 Å². The van der Waals surface area contributed by atoms with E-state index in [1.54, 1.807) is 19.1 Å². The number of alkyl halides is 3. The lowest BCUT2D eigenvalue weighted by molar-refractivity contribution is -0.137. The Morgan fingerprint density at radius 3 is 2.35 bits per heavy atom. The summed E-state index contributed by atoms with van der Waals surface area (Å²) in [5.74, 6) is -1.23. The molecule has 3 rings (SSSR count). The second-order valence-corrected chi connectivity index (χ2v) is 8.43. The van der Waals surface area contributed by atoms with Crippen LogP contribution >= 0.6 is 0 Å². The van der Waals surface area contributed by atoms with Crippen LogP contribution in [0, 0.1) is 6.92 Å². The lowest BCUT2D eigenvalue weighted by Crippen LogP contribution is -2.40. The molecule has 0 aliphatic heterocycles. The van der Waals surface area contributed by atoms with Crippen LogP contribution in [0.3, 0.4) is 0 Å². The molecule has 0 aliphatic carbocycles. The van der Waals surface area contributed by atoms with Gasteiger partial charge in [0.1, 0.15) is 17.4 Å². The van der Waals surface area contributed by atoms with Gasteiger partial charge in [-0.3, -0.25) is 0 Å². The van der Waals surface area contributed by atoms with E-state index < -0.39 is 45.0 Å². The number of rotatable bonds is 5. The van der Waals surface area contributed by atoms with Gasteiger partial charge in [-0.05, 0) is 38.1 Å². The van der Waals surface area contributed by atoms with Gasteiger partial charge in [-0.15, -0.1) is 0 Å².